The van der Waals surface area contributed by atoms with Gasteiger partial charge >= 0.3 is 16.1 Å². The molecular formula is C21H20N2O6S. The number of carbonyl (C=O) groups excluding carboxylic acids is 1. The predicted octanol–water partition coefficient (Wildman–Crippen LogP) is 2.79. The van der Waals surface area contributed by atoms with Crippen molar-refractivity contribution >= 4 is 16.1 Å². The number of carbonyl (C=O) groups is 1. The molecule has 9 heteroatoms. The van der Waals surface area contributed by atoms with Gasteiger partial charge in [0.2, 0.25) is 5.69 Å². The standard InChI is InChI=1S/C21H20N2O6S/c1-4-28-21(25)20-18(13-19(24)23(22-20)16-8-6-5-7-9-16)29-30(26,27)17-11-10-14(2)15(3)12-17/h5-13H,4H2,1-3H3. The minimum absolute atomic E-state index is 0.0360. The molecule has 3 rings (SSSR count). The van der Waals surface area contributed by atoms with Crippen LogP contribution in [0.15, 0.2) is 64.3 Å². The van der Waals surface area contributed by atoms with Crippen LogP contribution in [0, 0.1) is 13.8 Å². The van der Waals surface area contributed by atoms with Crippen molar-refractivity contribution in [3.63, 3.8) is 0 Å². The normalized spacial score (nSPS) is 11.2. The van der Waals surface area contributed by atoms with E-state index in [0.29, 0.717) is 5.69 Å². The molecule has 0 unspecified atom stereocenters. The average Bonchev–Trinajstić information content (AvgIpc) is 2.70. The SMILES string of the molecule is CCOC(=O)c1nn(-c2ccccc2)c(=O)cc1OS(=O)(=O)c1ccc(C)c(C)c1. The number of benzene rings is 2. The zero-order valence-corrected chi connectivity index (χ0v) is 17.5. The summed E-state index contributed by atoms with van der Waals surface area (Å²) in [6, 6.07) is 13.8. The van der Waals surface area contributed by atoms with Gasteiger partial charge in [-0.05, 0) is 56.2 Å². The number of rotatable bonds is 6. The van der Waals surface area contributed by atoms with E-state index in [4.69, 9.17) is 8.92 Å². The highest BCUT2D eigenvalue weighted by molar-refractivity contribution is 7.87. The first-order valence-corrected chi connectivity index (χ1v) is 10.5. The van der Waals surface area contributed by atoms with E-state index in [9.17, 15) is 18.0 Å². The molecule has 8 nitrogen and oxygen atoms in total. The molecule has 0 spiro atoms. The van der Waals surface area contributed by atoms with Crippen molar-refractivity contribution in [3.05, 3.63) is 81.8 Å². The molecule has 0 aliphatic rings. The fourth-order valence-electron chi connectivity index (χ4n) is 2.63. The fraction of sp³-hybridized carbons (Fsp3) is 0.190. The largest absolute Gasteiger partial charge is 0.461 e. The third kappa shape index (κ3) is 4.41. The number of nitrogens with zero attached hydrogens (tertiary/aromatic N) is 2. The Hall–Kier alpha value is -3.46. The number of ether oxygens (including phenoxy) is 1. The lowest BCUT2D eigenvalue weighted by atomic mass is 10.1. The molecule has 0 N–H and O–H groups in total. The van der Waals surface area contributed by atoms with Crippen molar-refractivity contribution in [2.75, 3.05) is 6.61 Å². The van der Waals surface area contributed by atoms with Crippen molar-refractivity contribution in [1.29, 1.82) is 0 Å². The fourth-order valence-corrected chi connectivity index (χ4v) is 3.65. The molecule has 1 heterocycles. The maximum atomic E-state index is 12.8. The molecule has 0 bridgehead atoms. The van der Waals surface area contributed by atoms with Crippen LogP contribution in [-0.4, -0.2) is 30.8 Å². The molecule has 0 amide bonds. The number of aromatic nitrogens is 2. The number of esters is 1. The summed E-state index contributed by atoms with van der Waals surface area (Å²) in [5, 5.41) is 4.01. The number of hydrogen-bond donors (Lipinski definition) is 0. The highest BCUT2D eigenvalue weighted by atomic mass is 32.2. The van der Waals surface area contributed by atoms with E-state index in [1.807, 2.05) is 6.92 Å². The molecule has 0 saturated heterocycles. The van der Waals surface area contributed by atoms with Gasteiger partial charge in [0.25, 0.3) is 5.56 Å². The summed E-state index contributed by atoms with van der Waals surface area (Å²) in [5.74, 6) is -1.41. The van der Waals surface area contributed by atoms with Gasteiger partial charge in [0.05, 0.1) is 18.4 Å². The molecule has 0 saturated carbocycles. The summed E-state index contributed by atoms with van der Waals surface area (Å²) in [7, 11) is -4.31. The third-order valence-corrected chi connectivity index (χ3v) is 5.56. The Labute approximate surface area is 173 Å². The quantitative estimate of drug-likeness (QED) is 0.439. The molecule has 0 radical (unpaired) electrons. The monoisotopic (exact) mass is 428 g/mol. The minimum Gasteiger partial charge on any atom is -0.461 e. The van der Waals surface area contributed by atoms with Crippen molar-refractivity contribution < 1.29 is 22.1 Å². The molecule has 1 aromatic heterocycles. The van der Waals surface area contributed by atoms with Crippen molar-refractivity contribution in [3.8, 4) is 11.4 Å². The zero-order valence-electron chi connectivity index (χ0n) is 16.7. The van der Waals surface area contributed by atoms with E-state index in [2.05, 4.69) is 5.10 Å². The maximum absolute atomic E-state index is 12.8. The zero-order chi connectivity index (χ0) is 21.9. The summed E-state index contributed by atoms with van der Waals surface area (Å²) < 4.78 is 36.6. The van der Waals surface area contributed by atoms with Crippen molar-refractivity contribution in [2.24, 2.45) is 0 Å². The topological polar surface area (TPSA) is 105 Å². The Morgan fingerprint density at radius 1 is 1.03 bits per heavy atom. The molecule has 30 heavy (non-hydrogen) atoms. The van der Waals surface area contributed by atoms with E-state index in [-0.39, 0.29) is 11.5 Å². The van der Waals surface area contributed by atoms with Gasteiger partial charge in [-0.1, -0.05) is 24.3 Å². The first kappa shape index (κ1) is 21.3. The number of aryl methyl sites for hydroxylation is 2. The molecule has 0 atom stereocenters. The lowest BCUT2D eigenvalue weighted by Gasteiger charge is -2.13. The van der Waals surface area contributed by atoms with E-state index < -0.39 is 33.1 Å². The summed E-state index contributed by atoms with van der Waals surface area (Å²) >= 11 is 0. The first-order valence-electron chi connectivity index (χ1n) is 9.11. The van der Waals surface area contributed by atoms with Gasteiger partial charge in [-0.2, -0.15) is 18.2 Å². The van der Waals surface area contributed by atoms with Crippen LogP contribution in [0.1, 0.15) is 28.5 Å². The Morgan fingerprint density at radius 2 is 1.73 bits per heavy atom. The second kappa shape index (κ2) is 8.50. The Kier molecular flexibility index (Phi) is 6.02. The van der Waals surface area contributed by atoms with Crippen LogP contribution in [0.2, 0.25) is 0 Å². The maximum Gasteiger partial charge on any atom is 0.362 e. The van der Waals surface area contributed by atoms with Crippen LogP contribution < -0.4 is 9.74 Å². The van der Waals surface area contributed by atoms with Gasteiger partial charge in [0, 0.05) is 0 Å². The molecule has 0 aliphatic heterocycles. The van der Waals surface area contributed by atoms with Crippen LogP contribution in [0.4, 0.5) is 0 Å². The van der Waals surface area contributed by atoms with E-state index in [1.54, 1.807) is 50.2 Å². The molecule has 2 aromatic carbocycles. The minimum atomic E-state index is -4.31. The lowest BCUT2D eigenvalue weighted by Crippen LogP contribution is -2.26. The number of para-hydroxylation sites is 1. The highest BCUT2D eigenvalue weighted by Gasteiger charge is 2.25. The van der Waals surface area contributed by atoms with Crippen molar-refractivity contribution in [1.82, 2.24) is 9.78 Å². The second-order valence-corrected chi connectivity index (χ2v) is 7.99. The Morgan fingerprint density at radius 3 is 2.37 bits per heavy atom. The lowest BCUT2D eigenvalue weighted by molar-refractivity contribution is 0.0515. The molecular weight excluding hydrogens is 408 g/mol. The van der Waals surface area contributed by atoms with E-state index >= 15 is 0 Å². The van der Waals surface area contributed by atoms with Crippen LogP contribution in [0.3, 0.4) is 0 Å². The van der Waals surface area contributed by atoms with Crippen LogP contribution in [0.25, 0.3) is 5.69 Å². The van der Waals surface area contributed by atoms with Crippen LogP contribution >= 0.6 is 0 Å². The first-order chi connectivity index (χ1) is 14.2. The van der Waals surface area contributed by atoms with E-state index in [0.717, 1.165) is 21.9 Å². The number of hydrogen-bond acceptors (Lipinski definition) is 7. The summed E-state index contributed by atoms with van der Waals surface area (Å²) in [4.78, 5) is 24.9. The molecule has 0 aliphatic carbocycles. The Balaban J connectivity index is 2.11. The summed E-state index contributed by atoms with van der Waals surface area (Å²) in [6.07, 6.45) is 0. The molecule has 0 fully saturated rings. The summed E-state index contributed by atoms with van der Waals surface area (Å²) in [6.45, 7) is 5.24. The van der Waals surface area contributed by atoms with Gasteiger partial charge in [-0.3, -0.25) is 4.79 Å². The molecule has 3 aromatic rings. The molecule has 156 valence electrons. The van der Waals surface area contributed by atoms with Gasteiger partial charge < -0.3 is 8.92 Å². The average molecular weight is 428 g/mol. The van der Waals surface area contributed by atoms with E-state index in [1.165, 1.54) is 12.1 Å². The Bertz CT molecular complexity index is 1250. The smallest absolute Gasteiger partial charge is 0.362 e. The van der Waals surface area contributed by atoms with Crippen molar-refractivity contribution in [2.45, 2.75) is 25.7 Å². The predicted molar refractivity (Wildman–Crippen MR) is 110 cm³/mol. The highest BCUT2D eigenvalue weighted by Crippen LogP contribution is 2.23. The van der Waals surface area contributed by atoms with Crippen LogP contribution in [-0.2, 0) is 14.9 Å². The third-order valence-electron chi connectivity index (χ3n) is 4.33. The van der Waals surface area contributed by atoms with Gasteiger partial charge in [0.1, 0.15) is 4.90 Å². The van der Waals surface area contributed by atoms with Crippen LogP contribution in [0.5, 0.6) is 5.75 Å². The van der Waals surface area contributed by atoms with Gasteiger partial charge in [-0.25, -0.2) is 4.79 Å². The second-order valence-electron chi connectivity index (χ2n) is 6.45. The van der Waals surface area contributed by atoms with Gasteiger partial charge in [-0.15, -0.1) is 0 Å². The summed E-state index contributed by atoms with van der Waals surface area (Å²) in [5.41, 5.74) is 0.972. The van der Waals surface area contributed by atoms with Gasteiger partial charge in [0.15, 0.2) is 5.75 Å².